The SMILES string of the molecule is C=CCn1cnc(CC2C3CC4CC(C3)CC2C4)c1N. The molecule has 1 aromatic rings. The van der Waals surface area contributed by atoms with Crippen LogP contribution in [0.15, 0.2) is 19.0 Å². The summed E-state index contributed by atoms with van der Waals surface area (Å²) in [6.45, 7) is 4.54. The van der Waals surface area contributed by atoms with Gasteiger partial charge in [-0.05, 0) is 68.1 Å². The van der Waals surface area contributed by atoms with Crippen molar-refractivity contribution in [3.63, 3.8) is 0 Å². The quantitative estimate of drug-likeness (QED) is 0.854. The molecule has 0 amide bonds. The average molecular weight is 271 g/mol. The number of allylic oxidation sites excluding steroid dienone is 1. The van der Waals surface area contributed by atoms with Crippen LogP contribution in [-0.2, 0) is 13.0 Å². The Balaban J connectivity index is 1.53. The van der Waals surface area contributed by atoms with Crippen molar-refractivity contribution in [3.05, 3.63) is 24.7 Å². The first-order chi connectivity index (χ1) is 9.74. The van der Waals surface area contributed by atoms with E-state index in [-0.39, 0.29) is 0 Å². The van der Waals surface area contributed by atoms with Gasteiger partial charge in [0.2, 0.25) is 0 Å². The van der Waals surface area contributed by atoms with Gasteiger partial charge in [-0.25, -0.2) is 4.98 Å². The number of nitrogens with two attached hydrogens (primary N) is 1. The minimum Gasteiger partial charge on any atom is -0.384 e. The predicted molar refractivity (Wildman–Crippen MR) is 81.1 cm³/mol. The van der Waals surface area contributed by atoms with E-state index in [1.54, 1.807) is 0 Å². The highest BCUT2D eigenvalue weighted by molar-refractivity contribution is 5.36. The maximum absolute atomic E-state index is 6.25. The third-order valence-electron chi connectivity index (χ3n) is 6.13. The molecule has 4 aliphatic carbocycles. The van der Waals surface area contributed by atoms with Crippen LogP contribution in [0.4, 0.5) is 5.82 Å². The van der Waals surface area contributed by atoms with Gasteiger partial charge in [-0.3, -0.25) is 0 Å². The summed E-state index contributed by atoms with van der Waals surface area (Å²) < 4.78 is 2.01. The molecule has 4 bridgehead atoms. The Hall–Kier alpha value is -1.25. The molecule has 2 N–H and O–H groups in total. The molecule has 4 aliphatic rings. The Kier molecular flexibility index (Phi) is 2.90. The number of nitrogen functional groups attached to an aromatic ring is 1. The van der Waals surface area contributed by atoms with E-state index >= 15 is 0 Å². The molecule has 0 atom stereocenters. The predicted octanol–water partition coefficient (Wildman–Crippen LogP) is 3.27. The standard InChI is InChI=1S/C17H25N3/c1-2-3-20-10-19-16(17(20)18)9-15-13-5-11-4-12(7-13)8-14(15)6-11/h2,10-15H,1,3-9,18H2. The molecule has 20 heavy (non-hydrogen) atoms. The molecule has 108 valence electrons. The van der Waals surface area contributed by atoms with Crippen molar-refractivity contribution < 1.29 is 0 Å². The van der Waals surface area contributed by atoms with E-state index < -0.39 is 0 Å². The van der Waals surface area contributed by atoms with Crippen LogP contribution in [0.25, 0.3) is 0 Å². The number of nitrogens with zero attached hydrogens (tertiary/aromatic N) is 2. The molecule has 0 unspecified atom stereocenters. The van der Waals surface area contributed by atoms with E-state index in [0.717, 1.165) is 54.1 Å². The zero-order valence-electron chi connectivity index (χ0n) is 12.2. The molecule has 1 heterocycles. The number of hydrogen-bond acceptors (Lipinski definition) is 2. The molecule has 0 spiro atoms. The van der Waals surface area contributed by atoms with Crippen LogP contribution in [0.5, 0.6) is 0 Å². The fraction of sp³-hybridized carbons (Fsp3) is 0.706. The lowest BCUT2D eigenvalue weighted by atomic mass is 9.51. The first-order valence-corrected chi connectivity index (χ1v) is 8.15. The lowest BCUT2D eigenvalue weighted by Crippen LogP contribution is -2.45. The topological polar surface area (TPSA) is 43.8 Å². The van der Waals surface area contributed by atoms with Crippen LogP contribution < -0.4 is 5.73 Å². The number of hydrogen-bond donors (Lipinski definition) is 1. The fourth-order valence-electron chi connectivity index (χ4n) is 5.47. The number of rotatable bonds is 4. The van der Waals surface area contributed by atoms with E-state index in [1.165, 1.54) is 32.1 Å². The molecule has 4 fully saturated rings. The summed E-state index contributed by atoms with van der Waals surface area (Å²) in [5.41, 5.74) is 7.37. The normalized spacial score (nSPS) is 38.3. The number of imidazole rings is 1. The Morgan fingerprint density at radius 1 is 1.20 bits per heavy atom. The Bertz CT molecular complexity index is 488. The zero-order valence-corrected chi connectivity index (χ0v) is 12.2. The van der Waals surface area contributed by atoms with Crippen LogP contribution >= 0.6 is 0 Å². The van der Waals surface area contributed by atoms with Crippen LogP contribution in [0.3, 0.4) is 0 Å². The molecule has 4 saturated carbocycles. The van der Waals surface area contributed by atoms with Gasteiger partial charge in [0.1, 0.15) is 5.82 Å². The van der Waals surface area contributed by atoms with Crippen LogP contribution in [0.1, 0.15) is 37.8 Å². The van der Waals surface area contributed by atoms with E-state index in [1.807, 2.05) is 17.0 Å². The van der Waals surface area contributed by atoms with Crippen LogP contribution in [0, 0.1) is 29.6 Å². The molecule has 5 rings (SSSR count). The van der Waals surface area contributed by atoms with Gasteiger partial charge in [-0.2, -0.15) is 0 Å². The van der Waals surface area contributed by atoms with Crippen molar-refractivity contribution in [3.8, 4) is 0 Å². The first kappa shape index (κ1) is 12.5. The van der Waals surface area contributed by atoms with Crippen molar-refractivity contribution in [2.45, 2.75) is 45.1 Å². The molecule has 3 nitrogen and oxygen atoms in total. The van der Waals surface area contributed by atoms with Crippen LogP contribution in [0.2, 0.25) is 0 Å². The van der Waals surface area contributed by atoms with Crippen LogP contribution in [-0.4, -0.2) is 9.55 Å². The number of anilines is 1. The first-order valence-electron chi connectivity index (χ1n) is 8.15. The second-order valence-corrected chi connectivity index (χ2v) is 7.32. The lowest BCUT2D eigenvalue weighted by molar-refractivity contribution is -0.0362. The van der Waals surface area contributed by atoms with Gasteiger partial charge in [0.05, 0.1) is 12.0 Å². The van der Waals surface area contributed by atoms with E-state index in [4.69, 9.17) is 5.73 Å². The summed E-state index contributed by atoms with van der Waals surface area (Å²) in [7, 11) is 0. The van der Waals surface area contributed by atoms with Gasteiger partial charge in [-0.15, -0.1) is 6.58 Å². The number of aromatic nitrogens is 2. The highest BCUT2D eigenvalue weighted by Crippen LogP contribution is 2.57. The van der Waals surface area contributed by atoms with Crippen molar-refractivity contribution in [2.24, 2.45) is 29.6 Å². The van der Waals surface area contributed by atoms with Crippen molar-refractivity contribution in [2.75, 3.05) is 5.73 Å². The molecule has 3 heteroatoms. The molecule has 0 saturated heterocycles. The highest BCUT2D eigenvalue weighted by atomic mass is 15.1. The van der Waals surface area contributed by atoms with Gasteiger partial charge in [0.25, 0.3) is 0 Å². The minimum absolute atomic E-state index is 0.764. The molecule has 0 aromatic carbocycles. The van der Waals surface area contributed by atoms with Crippen molar-refractivity contribution in [1.29, 1.82) is 0 Å². The molecule has 0 aliphatic heterocycles. The second kappa shape index (κ2) is 4.64. The smallest absolute Gasteiger partial charge is 0.126 e. The van der Waals surface area contributed by atoms with E-state index in [2.05, 4.69) is 11.6 Å². The van der Waals surface area contributed by atoms with E-state index in [0.29, 0.717) is 0 Å². The van der Waals surface area contributed by atoms with Crippen molar-refractivity contribution >= 4 is 5.82 Å². The minimum atomic E-state index is 0.764. The molecular weight excluding hydrogens is 246 g/mol. The summed E-state index contributed by atoms with van der Waals surface area (Å²) in [5.74, 6) is 5.70. The molecule has 1 aromatic heterocycles. The molecule has 0 radical (unpaired) electrons. The summed E-state index contributed by atoms with van der Waals surface area (Å²) >= 11 is 0. The van der Waals surface area contributed by atoms with Gasteiger partial charge >= 0.3 is 0 Å². The van der Waals surface area contributed by atoms with Gasteiger partial charge in [0.15, 0.2) is 0 Å². The highest BCUT2D eigenvalue weighted by Gasteiger charge is 2.48. The summed E-state index contributed by atoms with van der Waals surface area (Å²) in [6, 6.07) is 0. The Morgan fingerprint density at radius 2 is 1.85 bits per heavy atom. The Morgan fingerprint density at radius 3 is 2.45 bits per heavy atom. The van der Waals surface area contributed by atoms with Crippen molar-refractivity contribution in [1.82, 2.24) is 9.55 Å². The largest absolute Gasteiger partial charge is 0.384 e. The third-order valence-corrected chi connectivity index (χ3v) is 6.13. The maximum Gasteiger partial charge on any atom is 0.126 e. The summed E-state index contributed by atoms with van der Waals surface area (Å²) in [4.78, 5) is 4.58. The average Bonchev–Trinajstić information content (AvgIpc) is 2.75. The Labute approximate surface area is 121 Å². The fourth-order valence-corrected chi connectivity index (χ4v) is 5.47. The second-order valence-electron chi connectivity index (χ2n) is 7.32. The lowest BCUT2D eigenvalue weighted by Gasteiger charge is -2.54. The van der Waals surface area contributed by atoms with Gasteiger partial charge in [-0.1, -0.05) is 6.08 Å². The molecular formula is C17H25N3. The van der Waals surface area contributed by atoms with E-state index in [9.17, 15) is 0 Å². The summed E-state index contributed by atoms with van der Waals surface area (Å²) in [6.07, 6.45) is 12.3. The van der Waals surface area contributed by atoms with Gasteiger partial charge in [0, 0.05) is 6.54 Å². The maximum atomic E-state index is 6.25. The monoisotopic (exact) mass is 271 g/mol. The zero-order chi connectivity index (χ0) is 13.7. The summed E-state index contributed by atoms with van der Waals surface area (Å²) in [5, 5.41) is 0. The third kappa shape index (κ3) is 1.90. The van der Waals surface area contributed by atoms with Gasteiger partial charge < -0.3 is 10.3 Å².